The smallest absolute Gasteiger partial charge is 0.416 e. The quantitative estimate of drug-likeness (QED) is 0.877. The van der Waals surface area contributed by atoms with Gasteiger partial charge in [-0.1, -0.05) is 25.1 Å². The average molecular weight is 317 g/mol. The molecule has 0 aliphatic rings. The molecule has 1 atom stereocenters. The summed E-state index contributed by atoms with van der Waals surface area (Å²) in [5.74, 6) is -1.95. The number of benzene rings is 1. The van der Waals surface area contributed by atoms with Gasteiger partial charge in [0.25, 0.3) is 0 Å². The number of carbonyl (C=O) groups excluding carboxylic acids is 1. The van der Waals surface area contributed by atoms with Crippen molar-refractivity contribution in [2.45, 2.75) is 32.4 Å². The summed E-state index contributed by atoms with van der Waals surface area (Å²) in [6.45, 7) is 3.11. The van der Waals surface area contributed by atoms with Gasteiger partial charge >= 0.3 is 12.1 Å². The number of hydrogen-bond acceptors (Lipinski definition) is 2. The lowest BCUT2D eigenvalue weighted by Crippen LogP contribution is -2.36. The van der Waals surface area contributed by atoms with Crippen molar-refractivity contribution in [2.24, 2.45) is 0 Å². The molecule has 1 rings (SSSR count). The summed E-state index contributed by atoms with van der Waals surface area (Å²) < 4.78 is 38.0. The van der Waals surface area contributed by atoms with Crippen molar-refractivity contribution in [1.29, 1.82) is 0 Å². The minimum absolute atomic E-state index is 0.0393. The summed E-state index contributed by atoms with van der Waals surface area (Å²) in [6, 6.07) is 4.82. The standard InChI is InChI=1S/C15H18F3NO3/c1-3-19(9-14(21)22)13(20)7-10(2)11-5-4-6-12(8-11)15(16,17)18/h4-6,8,10H,3,7,9H2,1-2H3,(H,21,22). The first kappa shape index (κ1) is 18.0. The van der Waals surface area contributed by atoms with Gasteiger partial charge in [-0.3, -0.25) is 9.59 Å². The Hall–Kier alpha value is -2.05. The van der Waals surface area contributed by atoms with Crippen LogP contribution < -0.4 is 0 Å². The first-order valence-electron chi connectivity index (χ1n) is 6.81. The van der Waals surface area contributed by atoms with Crippen molar-refractivity contribution in [3.8, 4) is 0 Å². The molecular weight excluding hydrogens is 299 g/mol. The maximum absolute atomic E-state index is 12.7. The fourth-order valence-corrected chi connectivity index (χ4v) is 2.07. The van der Waals surface area contributed by atoms with Crippen molar-refractivity contribution in [3.63, 3.8) is 0 Å². The Balaban J connectivity index is 2.82. The SMILES string of the molecule is CCN(CC(=O)O)C(=O)CC(C)c1cccc(C(F)(F)F)c1. The lowest BCUT2D eigenvalue weighted by atomic mass is 9.95. The highest BCUT2D eigenvalue weighted by Gasteiger charge is 2.31. The zero-order chi connectivity index (χ0) is 16.9. The Labute approximate surface area is 126 Å². The summed E-state index contributed by atoms with van der Waals surface area (Å²) in [5, 5.41) is 8.72. The van der Waals surface area contributed by atoms with E-state index in [1.54, 1.807) is 13.8 Å². The van der Waals surface area contributed by atoms with E-state index in [2.05, 4.69) is 0 Å². The number of hydrogen-bond donors (Lipinski definition) is 1. The lowest BCUT2D eigenvalue weighted by molar-refractivity contribution is -0.144. The average Bonchev–Trinajstić information content (AvgIpc) is 2.43. The van der Waals surface area contributed by atoms with E-state index in [0.29, 0.717) is 5.56 Å². The first-order chi connectivity index (χ1) is 10.1. The largest absolute Gasteiger partial charge is 0.480 e. The lowest BCUT2D eigenvalue weighted by Gasteiger charge is -2.21. The normalized spacial score (nSPS) is 12.8. The van der Waals surface area contributed by atoms with Crippen molar-refractivity contribution in [1.82, 2.24) is 4.90 Å². The summed E-state index contributed by atoms with van der Waals surface area (Å²) in [4.78, 5) is 23.8. The molecule has 0 saturated heterocycles. The maximum atomic E-state index is 12.7. The monoisotopic (exact) mass is 317 g/mol. The van der Waals surface area contributed by atoms with Gasteiger partial charge in [0.2, 0.25) is 5.91 Å². The van der Waals surface area contributed by atoms with Gasteiger partial charge in [0.15, 0.2) is 0 Å². The van der Waals surface area contributed by atoms with Crippen LogP contribution in [0, 0.1) is 0 Å². The van der Waals surface area contributed by atoms with Crippen LogP contribution in [0.15, 0.2) is 24.3 Å². The molecule has 122 valence electrons. The molecule has 0 heterocycles. The van der Waals surface area contributed by atoms with Crippen LogP contribution >= 0.6 is 0 Å². The number of alkyl halides is 3. The van der Waals surface area contributed by atoms with E-state index in [-0.39, 0.29) is 13.0 Å². The molecule has 0 aromatic heterocycles. The fourth-order valence-electron chi connectivity index (χ4n) is 2.07. The molecular formula is C15H18F3NO3. The number of halogens is 3. The van der Waals surface area contributed by atoms with Gasteiger partial charge in [-0.15, -0.1) is 0 Å². The van der Waals surface area contributed by atoms with Crippen LogP contribution in [0.1, 0.15) is 37.3 Å². The van der Waals surface area contributed by atoms with E-state index >= 15 is 0 Å². The van der Waals surface area contributed by atoms with E-state index in [1.807, 2.05) is 0 Å². The van der Waals surface area contributed by atoms with Crippen molar-refractivity contribution in [3.05, 3.63) is 35.4 Å². The van der Waals surface area contributed by atoms with Crippen LogP contribution in [0.5, 0.6) is 0 Å². The first-order valence-corrected chi connectivity index (χ1v) is 6.81. The Kier molecular flexibility index (Phi) is 5.96. The Morgan fingerprint density at radius 2 is 1.95 bits per heavy atom. The molecule has 1 amide bonds. The second-order valence-corrected chi connectivity index (χ2v) is 5.03. The third-order valence-electron chi connectivity index (χ3n) is 3.32. The van der Waals surface area contributed by atoms with Gasteiger partial charge in [0.05, 0.1) is 5.56 Å². The summed E-state index contributed by atoms with van der Waals surface area (Å²) in [6.07, 6.45) is -4.47. The Morgan fingerprint density at radius 3 is 2.45 bits per heavy atom. The van der Waals surface area contributed by atoms with Crippen LogP contribution in [0.3, 0.4) is 0 Å². The predicted molar refractivity (Wildman–Crippen MR) is 74.4 cm³/mol. The van der Waals surface area contributed by atoms with Gasteiger partial charge in [-0.25, -0.2) is 0 Å². The maximum Gasteiger partial charge on any atom is 0.416 e. The fraction of sp³-hybridized carbons (Fsp3) is 0.467. The number of nitrogens with zero attached hydrogens (tertiary/aromatic N) is 1. The third kappa shape index (κ3) is 5.05. The van der Waals surface area contributed by atoms with E-state index < -0.39 is 36.1 Å². The van der Waals surface area contributed by atoms with Gasteiger partial charge in [-0.2, -0.15) is 13.2 Å². The predicted octanol–water partition coefficient (Wildman–Crippen LogP) is 3.13. The number of rotatable bonds is 6. The molecule has 0 aliphatic heterocycles. The number of likely N-dealkylation sites (N-methyl/N-ethyl adjacent to an activating group) is 1. The topological polar surface area (TPSA) is 57.6 Å². The molecule has 1 aromatic carbocycles. The zero-order valence-electron chi connectivity index (χ0n) is 12.4. The van der Waals surface area contributed by atoms with E-state index in [0.717, 1.165) is 17.0 Å². The zero-order valence-corrected chi connectivity index (χ0v) is 12.4. The number of carboxylic acids is 1. The third-order valence-corrected chi connectivity index (χ3v) is 3.32. The molecule has 0 aliphatic carbocycles. The van der Waals surface area contributed by atoms with Crippen LogP contribution in [0.4, 0.5) is 13.2 Å². The van der Waals surface area contributed by atoms with Gasteiger partial charge in [0.1, 0.15) is 6.54 Å². The highest BCUT2D eigenvalue weighted by Crippen LogP contribution is 2.31. The molecule has 0 bridgehead atoms. The number of carbonyl (C=O) groups is 2. The van der Waals surface area contributed by atoms with Crippen molar-refractivity contribution in [2.75, 3.05) is 13.1 Å². The number of aliphatic carboxylic acids is 1. The molecule has 0 fully saturated rings. The van der Waals surface area contributed by atoms with Crippen molar-refractivity contribution >= 4 is 11.9 Å². The summed E-state index contributed by atoms with van der Waals surface area (Å²) in [7, 11) is 0. The summed E-state index contributed by atoms with van der Waals surface area (Å²) in [5.41, 5.74) is -0.364. The Morgan fingerprint density at radius 1 is 1.32 bits per heavy atom. The molecule has 4 nitrogen and oxygen atoms in total. The number of amides is 1. The second-order valence-electron chi connectivity index (χ2n) is 5.03. The second kappa shape index (κ2) is 7.29. The highest BCUT2D eigenvalue weighted by atomic mass is 19.4. The van der Waals surface area contributed by atoms with Crippen molar-refractivity contribution < 1.29 is 27.9 Å². The van der Waals surface area contributed by atoms with Crippen LogP contribution in [0.2, 0.25) is 0 Å². The van der Waals surface area contributed by atoms with Gasteiger partial charge < -0.3 is 10.0 Å². The van der Waals surface area contributed by atoms with E-state index in [9.17, 15) is 22.8 Å². The minimum atomic E-state index is -4.43. The van der Waals surface area contributed by atoms with Crippen LogP contribution in [0.25, 0.3) is 0 Å². The molecule has 1 unspecified atom stereocenters. The highest BCUT2D eigenvalue weighted by molar-refractivity contribution is 5.81. The minimum Gasteiger partial charge on any atom is -0.480 e. The van der Waals surface area contributed by atoms with Gasteiger partial charge in [0, 0.05) is 13.0 Å². The molecule has 1 aromatic rings. The van der Waals surface area contributed by atoms with Crippen LogP contribution in [-0.2, 0) is 15.8 Å². The molecule has 0 saturated carbocycles. The van der Waals surface area contributed by atoms with E-state index in [4.69, 9.17) is 5.11 Å². The molecule has 0 spiro atoms. The molecule has 0 radical (unpaired) electrons. The number of carboxylic acid groups (broad SMARTS) is 1. The van der Waals surface area contributed by atoms with Crippen LogP contribution in [-0.4, -0.2) is 35.0 Å². The summed E-state index contributed by atoms with van der Waals surface area (Å²) >= 11 is 0. The molecule has 1 N–H and O–H groups in total. The molecule has 22 heavy (non-hydrogen) atoms. The molecule has 7 heteroatoms. The van der Waals surface area contributed by atoms with E-state index in [1.165, 1.54) is 12.1 Å². The Bertz CT molecular complexity index is 543. The van der Waals surface area contributed by atoms with Gasteiger partial charge in [-0.05, 0) is 24.5 Å².